The van der Waals surface area contributed by atoms with Crippen LogP contribution in [0.15, 0.2) is 30.3 Å². The van der Waals surface area contributed by atoms with E-state index >= 15 is 0 Å². The fraction of sp³-hybridized carbons (Fsp3) is 0.400. The number of anilines is 2. The zero-order valence-electron chi connectivity index (χ0n) is 16.1. The normalized spacial score (nSPS) is 16.7. The molecule has 1 aromatic carbocycles. The third-order valence-electron chi connectivity index (χ3n) is 4.62. The second-order valence-corrected chi connectivity index (χ2v) is 7.24. The molecule has 2 heterocycles. The number of carbonyl (C=O) groups is 2. The van der Waals surface area contributed by atoms with Gasteiger partial charge in [0.2, 0.25) is 17.8 Å². The molecule has 1 aromatic heterocycles. The van der Waals surface area contributed by atoms with Gasteiger partial charge in [-0.3, -0.25) is 20.4 Å². The highest BCUT2D eigenvalue weighted by molar-refractivity contribution is 6.00. The minimum absolute atomic E-state index is 0.0429. The standard InChI is InChI=1S/C20H25N5O2/c1-12(2)15-6-5-7-17(9-15)25-11-16(10-18(25)26)19(27)23-24-20-21-13(3)8-14(4)22-20/h5-9,12,16H,10-11H2,1-4H3,(H,23,27)(H,21,22,24). The van der Waals surface area contributed by atoms with Crippen LogP contribution in [0.4, 0.5) is 11.6 Å². The molecule has 2 N–H and O–H groups in total. The number of nitrogens with zero attached hydrogens (tertiary/aromatic N) is 3. The van der Waals surface area contributed by atoms with Crippen LogP contribution in [-0.2, 0) is 9.59 Å². The summed E-state index contributed by atoms with van der Waals surface area (Å²) >= 11 is 0. The van der Waals surface area contributed by atoms with Gasteiger partial charge in [0.15, 0.2) is 0 Å². The molecule has 0 spiro atoms. The lowest BCUT2D eigenvalue weighted by Gasteiger charge is -2.18. The largest absolute Gasteiger partial charge is 0.312 e. The van der Waals surface area contributed by atoms with Crippen LogP contribution < -0.4 is 15.8 Å². The lowest BCUT2D eigenvalue weighted by Crippen LogP contribution is -2.37. The Morgan fingerprint density at radius 3 is 2.56 bits per heavy atom. The summed E-state index contributed by atoms with van der Waals surface area (Å²) in [6, 6.07) is 9.78. The van der Waals surface area contributed by atoms with E-state index in [1.807, 2.05) is 44.2 Å². The molecule has 7 nitrogen and oxygen atoms in total. The molecule has 1 aliphatic heterocycles. The van der Waals surface area contributed by atoms with Crippen LogP contribution in [0, 0.1) is 19.8 Å². The maximum absolute atomic E-state index is 12.5. The number of hydrogen-bond donors (Lipinski definition) is 2. The Kier molecular flexibility index (Phi) is 5.39. The number of benzene rings is 1. The first-order valence-electron chi connectivity index (χ1n) is 9.12. The zero-order chi connectivity index (χ0) is 19.6. The molecule has 1 fully saturated rings. The molecule has 27 heavy (non-hydrogen) atoms. The molecule has 1 aliphatic rings. The van der Waals surface area contributed by atoms with Crippen LogP contribution in [0.3, 0.4) is 0 Å². The van der Waals surface area contributed by atoms with E-state index in [2.05, 4.69) is 34.7 Å². The Labute approximate surface area is 159 Å². The van der Waals surface area contributed by atoms with E-state index in [-0.39, 0.29) is 18.2 Å². The van der Waals surface area contributed by atoms with Crippen molar-refractivity contribution < 1.29 is 9.59 Å². The quantitative estimate of drug-likeness (QED) is 0.794. The third-order valence-corrected chi connectivity index (χ3v) is 4.62. The van der Waals surface area contributed by atoms with Gasteiger partial charge < -0.3 is 4.90 Å². The molecular weight excluding hydrogens is 342 g/mol. The van der Waals surface area contributed by atoms with Crippen molar-refractivity contribution >= 4 is 23.5 Å². The maximum atomic E-state index is 12.5. The number of aromatic nitrogens is 2. The molecule has 3 rings (SSSR count). The second-order valence-electron chi connectivity index (χ2n) is 7.24. The number of rotatable bonds is 5. The first kappa shape index (κ1) is 18.8. The average molecular weight is 367 g/mol. The Morgan fingerprint density at radius 2 is 1.89 bits per heavy atom. The predicted molar refractivity (Wildman–Crippen MR) is 104 cm³/mol. The van der Waals surface area contributed by atoms with Gasteiger partial charge in [-0.2, -0.15) is 0 Å². The molecule has 142 valence electrons. The van der Waals surface area contributed by atoms with Gasteiger partial charge in [0.05, 0.1) is 5.92 Å². The van der Waals surface area contributed by atoms with Gasteiger partial charge >= 0.3 is 0 Å². The van der Waals surface area contributed by atoms with Crippen LogP contribution in [-0.4, -0.2) is 28.3 Å². The van der Waals surface area contributed by atoms with E-state index in [4.69, 9.17) is 0 Å². The van der Waals surface area contributed by atoms with Crippen LogP contribution in [0.5, 0.6) is 0 Å². The minimum atomic E-state index is -0.418. The van der Waals surface area contributed by atoms with Gasteiger partial charge in [-0.05, 0) is 43.5 Å². The van der Waals surface area contributed by atoms with Crippen molar-refractivity contribution in [1.29, 1.82) is 0 Å². The van der Waals surface area contributed by atoms with E-state index in [9.17, 15) is 9.59 Å². The van der Waals surface area contributed by atoms with Gasteiger partial charge in [0.1, 0.15) is 0 Å². The topological polar surface area (TPSA) is 87.2 Å². The number of amides is 2. The van der Waals surface area contributed by atoms with Crippen LogP contribution in [0.2, 0.25) is 0 Å². The van der Waals surface area contributed by atoms with Crippen molar-refractivity contribution in [1.82, 2.24) is 15.4 Å². The zero-order valence-corrected chi connectivity index (χ0v) is 16.1. The second kappa shape index (κ2) is 7.73. The maximum Gasteiger partial charge on any atom is 0.243 e. The molecule has 0 aliphatic carbocycles. The predicted octanol–water partition coefficient (Wildman–Crippen LogP) is 2.71. The fourth-order valence-electron chi connectivity index (χ4n) is 3.19. The SMILES string of the molecule is Cc1cc(C)nc(NNC(=O)C2CC(=O)N(c3cccc(C(C)C)c3)C2)n1. The first-order chi connectivity index (χ1) is 12.8. The summed E-state index contributed by atoms with van der Waals surface area (Å²) in [6.45, 7) is 8.31. The van der Waals surface area contributed by atoms with Crippen LogP contribution >= 0.6 is 0 Å². The van der Waals surface area contributed by atoms with Crippen LogP contribution in [0.25, 0.3) is 0 Å². The summed E-state index contributed by atoms with van der Waals surface area (Å²) in [5, 5.41) is 0. The number of hydrazine groups is 1. The minimum Gasteiger partial charge on any atom is -0.312 e. The summed E-state index contributed by atoms with van der Waals surface area (Å²) in [5.41, 5.74) is 9.00. The van der Waals surface area contributed by atoms with Gasteiger partial charge in [0.25, 0.3) is 0 Å². The molecular formula is C20H25N5O2. The number of carbonyl (C=O) groups excluding carboxylic acids is 2. The Hall–Kier alpha value is -2.96. The molecule has 0 radical (unpaired) electrons. The average Bonchev–Trinajstić information content (AvgIpc) is 3.01. The summed E-state index contributed by atoms with van der Waals surface area (Å²) in [6.07, 6.45) is 0.188. The smallest absolute Gasteiger partial charge is 0.243 e. The summed E-state index contributed by atoms with van der Waals surface area (Å²) < 4.78 is 0. The molecule has 2 amide bonds. The van der Waals surface area contributed by atoms with Gasteiger partial charge in [-0.1, -0.05) is 26.0 Å². The van der Waals surface area contributed by atoms with Crippen molar-refractivity contribution in [2.75, 3.05) is 16.9 Å². The monoisotopic (exact) mass is 367 g/mol. The van der Waals surface area contributed by atoms with E-state index in [0.29, 0.717) is 18.4 Å². The lowest BCUT2D eigenvalue weighted by molar-refractivity contribution is -0.125. The summed E-state index contributed by atoms with van der Waals surface area (Å²) in [7, 11) is 0. The summed E-state index contributed by atoms with van der Waals surface area (Å²) in [4.78, 5) is 35.0. The Bertz CT molecular complexity index is 845. The molecule has 0 saturated carbocycles. The molecule has 2 aromatic rings. The van der Waals surface area contributed by atoms with Crippen molar-refractivity contribution in [3.8, 4) is 0 Å². The fourth-order valence-corrected chi connectivity index (χ4v) is 3.19. The molecule has 1 unspecified atom stereocenters. The van der Waals surface area contributed by atoms with Crippen molar-refractivity contribution in [3.05, 3.63) is 47.3 Å². The third kappa shape index (κ3) is 4.42. The summed E-state index contributed by atoms with van der Waals surface area (Å²) in [5.74, 6) is 0.0151. The van der Waals surface area contributed by atoms with Crippen molar-refractivity contribution in [3.63, 3.8) is 0 Å². The molecule has 1 saturated heterocycles. The Balaban J connectivity index is 1.64. The molecule has 1 atom stereocenters. The van der Waals surface area contributed by atoms with Gasteiger partial charge in [-0.25, -0.2) is 9.97 Å². The van der Waals surface area contributed by atoms with Crippen molar-refractivity contribution in [2.24, 2.45) is 5.92 Å². The number of hydrogen-bond acceptors (Lipinski definition) is 5. The molecule has 0 bridgehead atoms. The number of aryl methyl sites for hydroxylation is 2. The van der Waals surface area contributed by atoms with Crippen LogP contribution in [0.1, 0.15) is 43.1 Å². The van der Waals surface area contributed by atoms with Crippen molar-refractivity contribution in [2.45, 2.75) is 40.0 Å². The van der Waals surface area contributed by atoms with Gasteiger partial charge in [-0.15, -0.1) is 0 Å². The highest BCUT2D eigenvalue weighted by Gasteiger charge is 2.35. The van der Waals surface area contributed by atoms with E-state index in [1.54, 1.807) is 4.90 Å². The first-order valence-corrected chi connectivity index (χ1v) is 9.12. The molecule has 7 heteroatoms. The van der Waals surface area contributed by atoms with E-state index < -0.39 is 5.92 Å². The highest BCUT2D eigenvalue weighted by atomic mass is 16.2. The van der Waals surface area contributed by atoms with E-state index in [0.717, 1.165) is 17.1 Å². The highest BCUT2D eigenvalue weighted by Crippen LogP contribution is 2.27. The lowest BCUT2D eigenvalue weighted by atomic mass is 10.0. The Morgan fingerprint density at radius 1 is 1.19 bits per heavy atom. The van der Waals surface area contributed by atoms with Gasteiger partial charge in [0, 0.05) is 30.0 Å². The number of nitrogens with one attached hydrogen (secondary N) is 2. The van der Waals surface area contributed by atoms with E-state index in [1.165, 1.54) is 5.56 Å².